The molecular formula is C21H23N3OS. The molecule has 1 fully saturated rings. The summed E-state index contributed by atoms with van der Waals surface area (Å²) < 4.78 is 0. The van der Waals surface area contributed by atoms with Crippen LogP contribution < -0.4 is 5.56 Å². The van der Waals surface area contributed by atoms with E-state index in [0.717, 1.165) is 48.4 Å². The minimum absolute atomic E-state index is 0.0585. The molecule has 0 amide bonds. The molecule has 1 saturated heterocycles. The maximum atomic E-state index is 12.7. The lowest BCUT2D eigenvalue weighted by Crippen LogP contribution is -2.32. The molecule has 0 spiro atoms. The molecule has 0 bridgehead atoms. The van der Waals surface area contributed by atoms with E-state index in [1.807, 2.05) is 0 Å². The first-order valence-corrected chi connectivity index (χ1v) is 10.4. The van der Waals surface area contributed by atoms with Crippen molar-refractivity contribution in [2.75, 3.05) is 6.54 Å². The number of hydrogen-bond acceptors (Lipinski definition) is 4. The monoisotopic (exact) mass is 365 g/mol. The average molecular weight is 366 g/mol. The van der Waals surface area contributed by atoms with Gasteiger partial charge in [-0.2, -0.15) is 0 Å². The molecule has 1 N–H and O–H groups in total. The zero-order valence-electron chi connectivity index (χ0n) is 14.8. The SMILES string of the molecule is O=c1[nH]c(CN2CCC[C@H]2Cc2ccccc2)nc2sc3c(c12)CCC3. The van der Waals surface area contributed by atoms with Gasteiger partial charge in [0.1, 0.15) is 10.7 Å². The van der Waals surface area contributed by atoms with Crippen molar-refractivity contribution < 1.29 is 0 Å². The first kappa shape index (κ1) is 16.2. The lowest BCUT2D eigenvalue weighted by atomic mass is 10.0. The van der Waals surface area contributed by atoms with Gasteiger partial charge < -0.3 is 4.98 Å². The van der Waals surface area contributed by atoms with Gasteiger partial charge in [-0.1, -0.05) is 30.3 Å². The minimum atomic E-state index is 0.0585. The van der Waals surface area contributed by atoms with E-state index in [-0.39, 0.29) is 5.56 Å². The number of hydrogen-bond donors (Lipinski definition) is 1. The van der Waals surface area contributed by atoms with E-state index < -0.39 is 0 Å². The topological polar surface area (TPSA) is 49.0 Å². The summed E-state index contributed by atoms with van der Waals surface area (Å²) in [6, 6.07) is 11.2. The molecule has 134 valence electrons. The second kappa shape index (κ2) is 6.63. The predicted octanol–water partition coefficient (Wildman–Crippen LogP) is 3.68. The van der Waals surface area contributed by atoms with E-state index in [1.54, 1.807) is 11.3 Å². The number of aryl methyl sites for hydroxylation is 2. The van der Waals surface area contributed by atoms with Gasteiger partial charge in [-0.25, -0.2) is 4.98 Å². The van der Waals surface area contributed by atoms with Crippen molar-refractivity contribution in [3.8, 4) is 0 Å². The molecule has 4 nitrogen and oxygen atoms in total. The van der Waals surface area contributed by atoms with E-state index >= 15 is 0 Å². The lowest BCUT2D eigenvalue weighted by Gasteiger charge is -2.24. The van der Waals surface area contributed by atoms with E-state index in [4.69, 9.17) is 4.98 Å². The Morgan fingerprint density at radius 3 is 2.96 bits per heavy atom. The maximum absolute atomic E-state index is 12.7. The predicted molar refractivity (Wildman–Crippen MR) is 106 cm³/mol. The number of aromatic nitrogens is 2. The number of rotatable bonds is 4. The van der Waals surface area contributed by atoms with Crippen LogP contribution in [0.5, 0.6) is 0 Å². The second-order valence-electron chi connectivity index (χ2n) is 7.51. The van der Waals surface area contributed by atoms with Crippen LogP contribution in [0.1, 0.15) is 41.1 Å². The summed E-state index contributed by atoms with van der Waals surface area (Å²) >= 11 is 1.73. The van der Waals surface area contributed by atoms with Crippen LogP contribution in [-0.4, -0.2) is 27.5 Å². The maximum Gasteiger partial charge on any atom is 0.259 e. The first-order chi connectivity index (χ1) is 12.8. The third kappa shape index (κ3) is 2.89. The van der Waals surface area contributed by atoms with Crippen LogP contribution in [0.2, 0.25) is 0 Å². The third-order valence-corrected chi connectivity index (χ3v) is 6.98. The largest absolute Gasteiger partial charge is 0.309 e. The van der Waals surface area contributed by atoms with Crippen LogP contribution in [-0.2, 0) is 25.8 Å². The highest BCUT2D eigenvalue weighted by molar-refractivity contribution is 7.18. The first-order valence-electron chi connectivity index (χ1n) is 9.59. The van der Waals surface area contributed by atoms with Gasteiger partial charge >= 0.3 is 0 Å². The van der Waals surface area contributed by atoms with Crippen molar-refractivity contribution in [3.63, 3.8) is 0 Å². The zero-order chi connectivity index (χ0) is 17.5. The zero-order valence-corrected chi connectivity index (χ0v) is 15.6. The fourth-order valence-corrected chi connectivity index (χ4v) is 5.82. The van der Waals surface area contributed by atoms with Crippen LogP contribution in [0.15, 0.2) is 35.1 Å². The fourth-order valence-electron chi connectivity index (χ4n) is 4.53. The minimum Gasteiger partial charge on any atom is -0.309 e. The van der Waals surface area contributed by atoms with Crippen LogP contribution in [0.25, 0.3) is 10.2 Å². The van der Waals surface area contributed by atoms with Crippen LogP contribution in [0, 0.1) is 0 Å². The Morgan fingerprint density at radius 1 is 1.19 bits per heavy atom. The van der Waals surface area contributed by atoms with Gasteiger partial charge in [-0.15, -0.1) is 11.3 Å². The molecule has 0 saturated carbocycles. The van der Waals surface area contributed by atoms with Gasteiger partial charge in [0.15, 0.2) is 0 Å². The Labute approximate surface area is 156 Å². The molecule has 5 heteroatoms. The Hall–Kier alpha value is -1.98. The van der Waals surface area contributed by atoms with E-state index in [9.17, 15) is 4.79 Å². The van der Waals surface area contributed by atoms with Crippen LogP contribution in [0.3, 0.4) is 0 Å². The molecule has 1 atom stereocenters. The summed E-state index contributed by atoms with van der Waals surface area (Å²) in [6.45, 7) is 1.82. The molecule has 0 radical (unpaired) electrons. The van der Waals surface area contributed by atoms with Gasteiger partial charge in [0.2, 0.25) is 0 Å². The summed E-state index contributed by atoms with van der Waals surface area (Å²) in [7, 11) is 0. The van der Waals surface area contributed by atoms with E-state index in [1.165, 1.54) is 35.3 Å². The van der Waals surface area contributed by atoms with Crippen molar-refractivity contribution in [2.45, 2.75) is 51.1 Å². The van der Waals surface area contributed by atoms with Crippen molar-refractivity contribution in [1.29, 1.82) is 0 Å². The number of nitrogens with one attached hydrogen (secondary N) is 1. The van der Waals surface area contributed by atoms with Gasteiger partial charge in [0, 0.05) is 10.9 Å². The molecule has 1 aliphatic heterocycles. The summed E-state index contributed by atoms with van der Waals surface area (Å²) in [5, 5.41) is 0.855. The van der Waals surface area contributed by atoms with Crippen molar-refractivity contribution >= 4 is 21.6 Å². The number of fused-ring (bicyclic) bond motifs is 3. The second-order valence-corrected chi connectivity index (χ2v) is 8.59. The molecule has 3 aromatic rings. The standard InChI is InChI=1S/C21H23N3OS/c25-20-19-16-9-4-10-17(16)26-21(19)23-18(22-20)13-24-11-5-8-15(24)12-14-6-2-1-3-7-14/h1-3,6-7,15H,4-5,8-13H2,(H,22,23,25)/t15-/m0/s1. The van der Waals surface area contributed by atoms with E-state index in [2.05, 4.69) is 40.2 Å². The number of thiophene rings is 1. The molecular weight excluding hydrogens is 342 g/mol. The molecule has 5 rings (SSSR count). The number of benzene rings is 1. The molecule has 2 aliphatic rings. The van der Waals surface area contributed by atoms with Crippen molar-refractivity contribution in [2.24, 2.45) is 0 Å². The lowest BCUT2D eigenvalue weighted by molar-refractivity contribution is 0.238. The molecule has 3 heterocycles. The molecule has 2 aromatic heterocycles. The highest BCUT2D eigenvalue weighted by Crippen LogP contribution is 2.34. The van der Waals surface area contributed by atoms with Gasteiger partial charge in [0.05, 0.1) is 11.9 Å². The van der Waals surface area contributed by atoms with Gasteiger partial charge in [-0.3, -0.25) is 9.69 Å². The van der Waals surface area contributed by atoms with Crippen LogP contribution in [0.4, 0.5) is 0 Å². The summed E-state index contributed by atoms with van der Waals surface area (Å²) in [5.41, 5.74) is 2.70. The fraction of sp³-hybridized carbons (Fsp3) is 0.429. The highest BCUT2D eigenvalue weighted by Gasteiger charge is 2.26. The van der Waals surface area contributed by atoms with E-state index in [0.29, 0.717) is 6.04 Å². The van der Waals surface area contributed by atoms with Crippen molar-refractivity contribution in [1.82, 2.24) is 14.9 Å². The van der Waals surface area contributed by atoms with Crippen LogP contribution >= 0.6 is 11.3 Å². The Balaban J connectivity index is 1.39. The Kier molecular flexibility index (Phi) is 4.14. The van der Waals surface area contributed by atoms with Crippen molar-refractivity contribution in [3.05, 3.63) is 62.5 Å². The smallest absolute Gasteiger partial charge is 0.259 e. The molecule has 26 heavy (non-hydrogen) atoms. The third-order valence-electron chi connectivity index (χ3n) is 5.79. The molecule has 1 aromatic carbocycles. The van der Waals surface area contributed by atoms with Gasteiger partial charge in [0.25, 0.3) is 5.56 Å². The highest BCUT2D eigenvalue weighted by atomic mass is 32.1. The Morgan fingerprint density at radius 2 is 2.08 bits per heavy atom. The Bertz CT molecular complexity index is 992. The summed E-state index contributed by atoms with van der Waals surface area (Å²) in [6.07, 6.45) is 6.82. The summed E-state index contributed by atoms with van der Waals surface area (Å²) in [4.78, 5) is 25.4. The van der Waals surface area contributed by atoms with Gasteiger partial charge in [-0.05, 0) is 56.2 Å². The number of H-pyrrole nitrogens is 1. The number of nitrogens with zero attached hydrogens (tertiary/aromatic N) is 2. The average Bonchev–Trinajstić information content (AvgIpc) is 3.32. The quantitative estimate of drug-likeness (QED) is 0.767. The number of likely N-dealkylation sites (tertiary alicyclic amines) is 1. The number of aromatic amines is 1. The normalized spacial score (nSPS) is 20.1. The summed E-state index contributed by atoms with van der Waals surface area (Å²) in [5.74, 6) is 0.822. The molecule has 0 unspecified atom stereocenters. The molecule has 1 aliphatic carbocycles.